The van der Waals surface area contributed by atoms with Gasteiger partial charge in [-0.05, 0) is 23.8 Å². The second kappa shape index (κ2) is 9.64. The summed E-state index contributed by atoms with van der Waals surface area (Å²) in [6.07, 6.45) is 0. The monoisotopic (exact) mass is 467 g/mol. The van der Waals surface area contributed by atoms with Crippen LogP contribution < -0.4 is 21.9 Å². The van der Waals surface area contributed by atoms with Gasteiger partial charge in [0.25, 0.3) is 5.56 Å². The fourth-order valence-electron chi connectivity index (χ4n) is 4.08. The molecular formula is C24H26ClN5O3. The van der Waals surface area contributed by atoms with E-state index in [0.29, 0.717) is 18.1 Å². The molecule has 0 spiro atoms. The minimum absolute atomic E-state index is 0.0619. The third-order valence-electron chi connectivity index (χ3n) is 5.96. The van der Waals surface area contributed by atoms with E-state index in [4.69, 9.17) is 17.3 Å². The average Bonchev–Trinajstić information content (AvgIpc) is 2.82. The van der Waals surface area contributed by atoms with Gasteiger partial charge in [0.2, 0.25) is 0 Å². The van der Waals surface area contributed by atoms with E-state index in [-0.39, 0.29) is 30.3 Å². The van der Waals surface area contributed by atoms with Crippen molar-refractivity contribution in [2.75, 3.05) is 43.4 Å². The topological polar surface area (TPSA) is 93.6 Å². The molecule has 4 rings (SSSR count). The van der Waals surface area contributed by atoms with Crippen LogP contribution in [0.1, 0.15) is 15.9 Å². The number of benzene rings is 2. The smallest absolute Gasteiger partial charge is 0.332 e. The van der Waals surface area contributed by atoms with Crippen molar-refractivity contribution >= 4 is 28.9 Å². The summed E-state index contributed by atoms with van der Waals surface area (Å²) in [5.74, 6) is -0.472. The first kappa shape index (κ1) is 22.8. The molecule has 1 aliphatic heterocycles. The van der Waals surface area contributed by atoms with Crippen LogP contribution in [0.15, 0.2) is 64.2 Å². The average molecular weight is 468 g/mol. The molecule has 33 heavy (non-hydrogen) atoms. The molecule has 0 saturated carbocycles. The van der Waals surface area contributed by atoms with Crippen molar-refractivity contribution in [3.05, 3.63) is 91.6 Å². The minimum Gasteiger partial charge on any atom is -0.384 e. The van der Waals surface area contributed by atoms with Gasteiger partial charge in [0.15, 0.2) is 5.78 Å². The molecule has 1 fully saturated rings. The highest BCUT2D eigenvalue weighted by Crippen LogP contribution is 2.21. The zero-order valence-corrected chi connectivity index (χ0v) is 19.2. The molecule has 0 amide bonds. The Labute approximate surface area is 196 Å². The summed E-state index contributed by atoms with van der Waals surface area (Å²) in [6, 6.07) is 17.0. The third kappa shape index (κ3) is 4.86. The Bertz CT molecular complexity index is 1280. The number of hydrogen-bond donors (Lipinski definition) is 1. The SMILES string of the molecule is Cn1c(=O)c(C(=O)CN2CCN(c3cccc(Cl)c3)CC2)c(N)n(Cc2ccccc2)c1=O. The molecule has 8 nitrogen and oxygen atoms in total. The molecule has 2 heterocycles. The van der Waals surface area contributed by atoms with E-state index in [2.05, 4.69) is 4.90 Å². The van der Waals surface area contributed by atoms with E-state index in [1.54, 1.807) is 0 Å². The lowest BCUT2D eigenvalue weighted by molar-refractivity contribution is 0.0924. The maximum atomic E-state index is 13.1. The molecule has 172 valence electrons. The Morgan fingerprint density at radius 1 is 1.00 bits per heavy atom. The van der Waals surface area contributed by atoms with Gasteiger partial charge < -0.3 is 10.6 Å². The van der Waals surface area contributed by atoms with Crippen LogP contribution in [-0.4, -0.2) is 52.5 Å². The Balaban J connectivity index is 1.51. The van der Waals surface area contributed by atoms with Gasteiger partial charge in [0, 0.05) is 43.9 Å². The van der Waals surface area contributed by atoms with Gasteiger partial charge in [0.05, 0.1) is 13.1 Å². The highest BCUT2D eigenvalue weighted by atomic mass is 35.5. The number of carbonyl (C=O) groups excluding carboxylic acids is 1. The van der Waals surface area contributed by atoms with Gasteiger partial charge in [0.1, 0.15) is 11.4 Å². The Hall–Kier alpha value is -3.36. The van der Waals surface area contributed by atoms with E-state index >= 15 is 0 Å². The van der Waals surface area contributed by atoms with E-state index in [9.17, 15) is 14.4 Å². The maximum Gasteiger partial charge on any atom is 0.332 e. The van der Waals surface area contributed by atoms with Crippen LogP contribution in [-0.2, 0) is 13.6 Å². The van der Waals surface area contributed by atoms with Crippen molar-refractivity contribution < 1.29 is 4.79 Å². The van der Waals surface area contributed by atoms with Crippen molar-refractivity contribution in [3.63, 3.8) is 0 Å². The summed E-state index contributed by atoms with van der Waals surface area (Å²) in [5.41, 5.74) is 6.75. The van der Waals surface area contributed by atoms with Crippen LogP contribution in [0, 0.1) is 0 Å². The molecular weight excluding hydrogens is 442 g/mol. The molecule has 1 aliphatic rings. The number of aromatic nitrogens is 2. The predicted molar refractivity (Wildman–Crippen MR) is 130 cm³/mol. The van der Waals surface area contributed by atoms with Gasteiger partial charge in [-0.1, -0.05) is 48.0 Å². The molecule has 3 aromatic rings. The number of nitrogen functional groups attached to an aromatic ring is 1. The summed E-state index contributed by atoms with van der Waals surface area (Å²) >= 11 is 6.10. The minimum atomic E-state index is -0.663. The number of ketones is 1. The molecule has 0 unspecified atom stereocenters. The van der Waals surface area contributed by atoms with Crippen molar-refractivity contribution in [2.45, 2.75) is 6.54 Å². The fraction of sp³-hybridized carbons (Fsp3) is 0.292. The lowest BCUT2D eigenvalue weighted by atomic mass is 10.1. The number of hydrogen-bond acceptors (Lipinski definition) is 6. The second-order valence-corrected chi connectivity index (χ2v) is 8.58. The van der Waals surface area contributed by atoms with Crippen LogP contribution in [0.3, 0.4) is 0 Å². The molecule has 0 radical (unpaired) electrons. The summed E-state index contributed by atoms with van der Waals surface area (Å²) in [7, 11) is 1.37. The van der Waals surface area contributed by atoms with E-state index < -0.39 is 11.2 Å². The Morgan fingerprint density at radius 3 is 2.36 bits per heavy atom. The highest BCUT2D eigenvalue weighted by Gasteiger charge is 2.25. The number of anilines is 2. The van der Waals surface area contributed by atoms with Crippen LogP contribution in [0.5, 0.6) is 0 Å². The van der Waals surface area contributed by atoms with Gasteiger partial charge >= 0.3 is 5.69 Å². The molecule has 1 saturated heterocycles. The van der Waals surface area contributed by atoms with E-state index in [1.807, 2.05) is 59.5 Å². The number of carbonyl (C=O) groups is 1. The summed E-state index contributed by atoms with van der Waals surface area (Å²) < 4.78 is 2.23. The van der Waals surface area contributed by atoms with Crippen LogP contribution >= 0.6 is 11.6 Å². The lowest BCUT2D eigenvalue weighted by Gasteiger charge is -2.35. The van der Waals surface area contributed by atoms with Crippen LogP contribution in [0.4, 0.5) is 11.5 Å². The molecule has 1 aromatic heterocycles. The lowest BCUT2D eigenvalue weighted by Crippen LogP contribution is -2.49. The zero-order valence-electron chi connectivity index (χ0n) is 18.4. The molecule has 0 aliphatic carbocycles. The first-order valence-electron chi connectivity index (χ1n) is 10.7. The number of nitrogens with zero attached hydrogens (tertiary/aromatic N) is 4. The maximum absolute atomic E-state index is 13.1. The van der Waals surface area contributed by atoms with Gasteiger partial charge in [-0.15, -0.1) is 0 Å². The van der Waals surface area contributed by atoms with Crippen LogP contribution in [0.25, 0.3) is 0 Å². The molecule has 2 aromatic carbocycles. The van der Waals surface area contributed by atoms with E-state index in [0.717, 1.165) is 28.9 Å². The first-order valence-corrected chi connectivity index (χ1v) is 11.1. The number of halogens is 1. The fourth-order valence-corrected chi connectivity index (χ4v) is 4.27. The molecule has 2 N–H and O–H groups in total. The Kier molecular flexibility index (Phi) is 6.67. The predicted octanol–water partition coefficient (Wildman–Crippen LogP) is 1.84. The summed E-state index contributed by atoms with van der Waals surface area (Å²) in [4.78, 5) is 42.8. The largest absolute Gasteiger partial charge is 0.384 e. The van der Waals surface area contributed by atoms with Crippen molar-refractivity contribution in [3.8, 4) is 0 Å². The van der Waals surface area contributed by atoms with Gasteiger partial charge in [-0.2, -0.15) is 0 Å². The Morgan fingerprint density at radius 2 is 1.70 bits per heavy atom. The van der Waals surface area contributed by atoms with Gasteiger partial charge in [-0.3, -0.25) is 23.6 Å². The summed E-state index contributed by atoms with van der Waals surface area (Å²) in [5, 5.41) is 0.682. The second-order valence-electron chi connectivity index (χ2n) is 8.14. The van der Waals surface area contributed by atoms with Crippen LogP contribution in [0.2, 0.25) is 5.02 Å². The van der Waals surface area contributed by atoms with Crippen molar-refractivity contribution in [2.24, 2.45) is 7.05 Å². The number of Topliss-reactive ketones (excluding diaryl/α,β-unsaturated/α-hetero) is 1. The zero-order chi connectivity index (χ0) is 23.5. The highest BCUT2D eigenvalue weighted by molar-refractivity contribution is 6.30. The normalized spacial score (nSPS) is 14.4. The molecule has 0 bridgehead atoms. The number of piperazine rings is 1. The van der Waals surface area contributed by atoms with Crippen molar-refractivity contribution in [1.29, 1.82) is 0 Å². The summed E-state index contributed by atoms with van der Waals surface area (Å²) in [6.45, 7) is 3.01. The van der Waals surface area contributed by atoms with E-state index in [1.165, 1.54) is 11.6 Å². The quantitative estimate of drug-likeness (QED) is 0.556. The first-order chi connectivity index (χ1) is 15.8. The number of rotatable bonds is 6. The third-order valence-corrected chi connectivity index (χ3v) is 6.19. The van der Waals surface area contributed by atoms with Gasteiger partial charge in [-0.25, -0.2) is 4.79 Å². The standard InChI is InChI=1S/C24H26ClN5O3/c1-27-23(32)21(22(26)30(24(27)33)15-17-6-3-2-4-7-17)20(31)16-28-10-12-29(13-11-28)19-9-5-8-18(25)14-19/h2-9,14H,10-13,15-16,26H2,1H3. The number of nitrogens with two attached hydrogens (primary N) is 1. The molecule has 9 heteroatoms. The van der Waals surface area contributed by atoms with Crippen molar-refractivity contribution in [1.82, 2.24) is 14.0 Å². The molecule has 0 atom stereocenters.